The molecule has 0 saturated carbocycles. The predicted octanol–water partition coefficient (Wildman–Crippen LogP) is 3.08. The van der Waals surface area contributed by atoms with Crippen LogP contribution in [0.1, 0.15) is 5.56 Å². The molecule has 26 heavy (non-hydrogen) atoms. The monoisotopic (exact) mass is 396 g/mol. The SMILES string of the molecule is CN1C(=O)N(c2ccc(F)nc2)C[C@H]1C(=O)NCc1ccc(Cl)cc1Cl. The molecule has 0 radical (unpaired) electrons. The van der Waals surface area contributed by atoms with Crippen LogP contribution in [0.15, 0.2) is 36.5 Å². The molecule has 9 heteroatoms. The highest BCUT2D eigenvalue weighted by Crippen LogP contribution is 2.23. The van der Waals surface area contributed by atoms with Crippen molar-refractivity contribution in [3.8, 4) is 0 Å². The maximum atomic E-state index is 13.0. The number of hydrogen-bond donors (Lipinski definition) is 1. The molecule has 1 fully saturated rings. The number of urea groups is 1. The molecule has 3 amide bonds. The van der Waals surface area contributed by atoms with Gasteiger partial charge in [0.2, 0.25) is 11.9 Å². The Labute approximate surface area is 159 Å². The van der Waals surface area contributed by atoms with Gasteiger partial charge in [-0.25, -0.2) is 9.78 Å². The van der Waals surface area contributed by atoms with Crippen molar-refractivity contribution in [1.82, 2.24) is 15.2 Å². The molecule has 1 N–H and O–H groups in total. The number of rotatable bonds is 4. The lowest BCUT2D eigenvalue weighted by molar-refractivity contribution is -0.124. The second-order valence-electron chi connectivity index (χ2n) is 5.81. The van der Waals surface area contributed by atoms with Gasteiger partial charge >= 0.3 is 6.03 Å². The van der Waals surface area contributed by atoms with Crippen molar-refractivity contribution in [1.29, 1.82) is 0 Å². The normalized spacial score (nSPS) is 16.9. The maximum absolute atomic E-state index is 13.0. The summed E-state index contributed by atoms with van der Waals surface area (Å²) in [6.45, 7) is 0.355. The first kappa shape index (κ1) is 18.4. The van der Waals surface area contributed by atoms with Gasteiger partial charge in [0.1, 0.15) is 6.04 Å². The van der Waals surface area contributed by atoms with Crippen molar-refractivity contribution in [2.24, 2.45) is 0 Å². The number of aromatic nitrogens is 1. The van der Waals surface area contributed by atoms with Crippen LogP contribution in [-0.4, -0.2) is 41.5 Å². The Kier molecular flexibility index (Phi) is 5.29. The van der Waals surface area contributed by atoms with Gasteiger partial charge < -0.3 is 10.2 Å². The number of likely N-dealkylation sites (N-methyl/N-ethyl adjacent to an activating group) is 1. The number of hydrogen-bond acceptors (Lipinski definition) is 3. The molecule has 1 atom stereocenters. The standard InChI is InChI=1S/C17H15Cl2FN4O2/c1-23-14(9-24(17(23)26)12-4-5-15(20)21-8-12)16(25)22-7-10-2-3-11(18)6-13(10)19/h2-6,8,14H,7,9H2,1H3,(H,22,25)/t14-/m0/s1. The molecule has 0 aliphatic carbocycles. The number of carbonyl (C=O) groups is 2. The van der Waals surface area contributed by atoms with E-state index < -0.39 is 12.0 Å². The molecular formula is C17H15Cl2FN4O2. The van der Waals surface area contributed by atoms with Crippen LogP contribution in [-0.2, 0) is 11.3 Å². The number of benzene rings is 1. The van der Waals surface area contributed by atoms with Crippen LogP contribution in [0.4, 0.5) is 14.9 Å². The summed E-state index contributed by atoms with van der Waals surface area (Å²) in [6, 6.07) is 6.58. The Bertz CT molecular complexity index is 847. The van der Waals surface area contributed by atoms with Crippen molar-refractivity contribution >= 4 is 40.8 Å². The molecule has 1 aliphatic rings. The Morgan fingerprint density at radius 3 is 2.77 bits per heavy atom. The van der Waals surface area contributed by atoms with Crippen molar-refractivity contribution in [3.05, 3.63) is 58.1 Å². The Morgan fingerprint density at radius 1 is 1.35 bits per heavy atom. The third-order valence-corrected chi connectivity index (χ3v) is 4.74. The Morgan fingerprint density at radius 2 is 2.12 bits per heavy atom. The zero-order chi connectivity index (χ0) is 18.8. The molecule has 1 aliphatic heterocycles. The van der Waals surface area contributed by atoms with Gasteiger partial charge in [0.15, 0.2) is 0 Å². The fourth-order valence-electron chi connectivity index (χ4n) is 2.66. The summed E-state index contributed by atoms with van der Waals surface area (Å²) in [5, 5.41) is 3.73. The van der Waals surface area contributed by atoms with E-state index in [4.69, 9.17) is 23.2 Å². The van der Waals surface area contributed by atoms with Gasteiger partial charge in [-0.15, -0.1) is 0 Å². The summed E-state index contributed by atoms with van der Waals surface area (Å²) >= 11 is 11.9. The number of nitrogens with zero attached hydrogens (tertiary/aromatic N) is 3. The molecular weight excluding hydrogens is 382 g/mol. The molecule has 1 aromatic carbocycles. The fraction of sp³-hybridized carbons (Fsp3) is 0.235. The molecule has 0 unspecified atom stereocenters. The van der Waals surface area contributed by atoms with Crippen molar-refractivity contribution in [2.75, 3.05) is 18.5 Å². The minimum absolute atomic E-state index is 0.142. The van der Waals surface area contributed by atoms with Crippen molar-refractivity contribution < 1.29 is 14.0 Å². The number of nitrogens with one attached hydrogen (secondary N) is 1. The van der Waals surface area contributed by atoms with Gasteiger partial charge in [-0.05, 0) is 29.8 Å². The van der Waals surface area contributed by atoms with E-state index in [1.165, 1.54) is 28.1 Å². The van der Waals surface area contributed by atoms with Crippen LogP contribution >= 0.6 is 23.2 Å². The summed E-state index contributed by atoms with van der Waals surface area (Å²) in [7, 11) is 1.54. The van der Waals surface area contributed by atoms with Crippen LogP contribution in [0.5, 0.6) is 0 Å². The number of pyridine rings is 1. The second kappa shape index (κ2) is 7.47. The van der Waals surface area contributed by atoms with E-state index in [0.717, 1.165) is 5.56 Å². The number of anilines is 1. The molecule has 136 valence electrons. The highest BCUT2D eigenvalue weighted by Gasteiger charge is 2.39. The molecule has 0 spiro atoms. The summed E-state index contributed by atoms with van der Waals surface area (Å²) < 4.78 is 13.0. The first-order valence-electron chi connectivity index (χ1n) is 7.74. The van der Waals surface area contributed by atoms with E-state index >= 15 is 0 Å². The third-order valence-electron chi connectivity index (χ3n) is 4.15. The average Bonchev–Trinajstić information content (AvgIpc) is 2.90. The molecule has 0 bridgehead atoms. The fourth-order valence-corrected chi connectivity index (χ4v) is 3.14. The van der Waals surface area contributed by atoms with E-state index in [1.807, 2.05) is 0 Å². The molecule has 3 rings (SSSR count). The predicted molar refractivity (Wildman–Crippen MR) is 96.8 cm³/mol. The van der Waals surface area contributed by atoms with Gasteiger partial charge in [0.25, 0.3) is 0 Å². The van der Waals surface area contributed by atoms with Gasteiger partial charge in [-0.3, -0.25) is 9.69 Å². The van der Waals surface area contributed by atoms with E-state index in [9.17, 15) is 14.0 Å². The number of carbonyl (C=O) groups excluding carboxylic acids is 2. The third kappa shape index (κ3) is 3.73. The van der Waals surface area contributed by atoms with Gasteiger partial charge in [0.05, 0.1) is 18.4 Å². The highest BCUT2D eigenvalue weighted by atomic mass is 35.5. The lowest BCUT2D eigenvalue weighted by atomic mass is 10.2. The lowest BCUT2D eigenvalue weighted by Crippen LogP contribution is -2.43. The average molecular weight is 397 g/mol. The number of halogens is 3. The first-order valence-corrected chi connectivity index (χ1v) is 8.50. The van der Waals surface area contributed by atoms with E-state index in [-0.39, 0.29) is 25.0 Å². The van der Waals surface area contributed by atoms with Crippen LogP contribution in [0, 0.1) is 5.95 Å². The summed E-state index contributed by atoms with van der Waals surface area (Å²) in [5.74, 6) is -0.952. The second-order valence-corrected chi connectivity index (χ2v) is 6.66. The topological polar surface area (TPSA) is 65.5 Å². The van der Waals surface area contributed by atoms with Gasteiger partial charge in [0, 0.05) is 23.6 Å². The molecule has 2 heterocycles. The molecule has 2 aromatic rings. The molecule has 6 nitrogen and oxygen atoms in total. The van der Waals surface area contributed by atoms with E-state index in [1.54, 1.807) is 25.2 Å². The van der Waals surface area contributed by atoms with Crippen molar-refractivity contribution in [3.63, 3.8) is 0 Å². The maximum Gasteiger partial charge on any atom is 0.325 e. The van der Waals surface area contributed by atoms with Gasteiger partial charge in [-0.1, -0.05) is 29.3 Å². The van der Waals surface area contributed by atoms with Crippen LogP contribution < -0.4 is 10.2 Å². The van der Waals surface area contributed by atoms with E-state index in [0.29, 0.717) is 15.7 Å². The smallest absolute Gasteiger partial charge is 0.325 e. The number of amides is 3. The van der Waals surface area contributed by atoms with E-state index in [2.05, 4.69) is 10.3 Å². The zero-order valence-corrected chi connectivity index (χ0v) is 15.3. The minimum Gasteiger partial charge on any atom is -0.350 e. The summed E-state index contributed by atoms with van der Waals surface area (Å²) in [6.07, 6.45) is 1.26. The van der Waals surface area contributed by atoms with Crippen LogP contribution in [0.3, 0.4) is 0 Å². The Hall–Kier alpha value is -2.38. The summed E-state index contributed by atoms with van der Waals surface area (Å²) in [4.78, 5) is 31.2. The van der Waals surface area contributed by atoms with Crippen LogP contribution in [0.2, 0.25) is 10.0 Å². The quantitative estimate of drug-likeness (QED) is 0.807. The van der Waals surface area contributed by atoms with Gasteiger partial charge in [-0.2, -0.15) is 4.39 Å². The Balaban J connectivity index is 1.67. The highest BCUT2D eigenvalue weighted by molar-refractivity contribution is 6.35. The van der Waals surface area contributed by atoms with Crippen LogP contribution in [0.25, 0.3) is 0 Å². The molecule has 1 saturated heterocycles. The first-order chi connectivity index (χ1) is 12.4. The minimum atomic E-state index is -0.682. The van der Waals surface area contributed by atoms with Crippen molar-refractivity contribution in [2.45, 2.75) is 12.6 Å². The lowest BCUT2D eigenvalue weighted by Gasteiger charge is -2.17. The zero-order valence-electron chi connectivity index (χ0n) is 13.7. The molecule has 1 aromatic heterocycles. The largest absolute Gasteiger partial charge is 0.350 e. The summed E-state index contributed by atoms with van der Waals surface area (Å²) in [5.41, 5.74) is 1.15.